The number of methoxy groups -OCH3 is 1. The molecule has 4 aliphatic rings. The third-order valence-corrected chi connectivity index (χ3v) is 9.43. The molecule has 2 aliphatic carbocycles. The summed E-state index contributed by atoms with van der Waals surface area (Å²) in [5.41, 5.74) is -1.70. The number of likely N-dealkylation sites (N-methyl/N-ethyl adjacent to an activating group) is 1. The Morgan fingerprint density at radius 3 is 2.42 bits per heavy atom. The van der Waals surface area contributed by atoms with Crippen LogP contribution >= 0.6 is 0 Å². The van der Waals surface area contributed by atoms with E-state index in [1.54, 1.807) is 54.7 Å². The number of likely N-dealkylation sites (tertiary alicyclic amines) is 1. The maximum Gasteiger partial charge on any atom is 0.408 e. The second kappa shape index (κ2) is 12.6. The Kier molecular flexibility index (Phi) is 9.28. The smallest absolute Gasteiger partial charge is 0.408 e. The second-order valence-electron chi connectivity index (χ2n) is 15.1. The summed E-state index contributed by atoms with van der Waals surface area (Å²) in [6.07, 6.45) is -0.367. The Morgan fingerprint density at radius 2 is 1.77 bits per heavy atom. The highest BCUT2D eigenvalue weighted by molar-refractivity contribution is 5.85. The van der Waals surface area contributed by atoms with E-state index in [-0.39, 0.29) is 31.1 Å². The number of piperidine rings is 1. The summed E-state index contributed by atoms with van der Waals surface area (Å²) in [6, 6.07) is 2.37. The number of ether oxygens (including phenoxy) is 6. The molecule has 0 aromatic heterocycles. The molecule has 13 heteroatoms. The lowest BCUT2D eigenvalue weighted by atomic mass is 9.50. The van der Waals surface area contributed by atoms with Crippen molar-refractivity contribution in [3.63, 3.8) is 0 Å². The Balaban J connectivity index is 1.33. The van der Waals surface area contributed by atoms with Gasteiger partial charge in [-0.3, -0.25) is 4.79 Å². The van der Waals surface area contributed by atoms with Crippen LogP contribution in [0.1, 0.15) is 85.3 Å². The maximum atomic E-state index is 13.5. The average Bonchev–Trinajstić information content (AvgIpc) is 3.32. The molecule has 0 radical (unpaired) electrons. The predicted molar refractivity (Wildman–Crippen MR) is 171 cm³/mol. The summed E-state index contributed by atoms with van der Waals surface area (Å²) in [4.78, 5) is 53.9. The fourth-order valence-electron chi connectivity index (χ4n) is 7.44. The van der Waals surface area contributed by atoms with E-state index in [4.69, 9.17) is 28.4 Å². The first-order valence-corrected chi connectivity index (χ1v) is 16.4. The molecular formula is C35H48N2O11. The molecule has 1 aromatic carbocycles. The molecule has 1 fully saturated rings. The van der Waals surface area contributed by atoms with Crippen molar-refractivity contribution in [3.05, 3.63) is 35.1 Å². The topological polar surface area (TPSA) is 159 Å². The molecule has 13 nitrogen and oxygen atoms in total. The van der Waals surface area contributed by atoms with E-state index in [0.717, 1.165) is 11.1 Å². The number of benzene rings is 1. The number of hydrogen-bond donors (Lipinski definition) is 2. The third-order valence-electron chi connectivity index (χ3n) is 9.43. The molecule has 2 aliphatic heterocycles. The first-order valence-electron chi connectivity index (χ1n) is 16.4. The monoisotopic (exact) mass is 672 g/mol. The van der Waals surface area contributed by atoms with Crippen LogP contribution in [0, 0.1) is 0 Å². The number of carbonyl (C=O) groups is 4. The van der Waals surface area contributed by atoms with Crippen LogP contribution in [0.4, 0.5) is 4.79 Å². The summed E-state index contributed by atoms with van der Waals surface area (Å²) < 4.78 is 34.1. The summed E-state index contributed by atoms with van der Waals surface area (Å²) in [5, 5.41) is 14.8. The first kappa shape index (κ1) is 35.5. The molecule has 48 heavy (non-hydrogen) atoms. The molecule has 1 saturated heterocycles. The molecule has 264 valence electrons. The number of amides is 1. The predicted octanol–water partition coefficient (Wildman–Crippen LogP) is 3.46. The zero-order valence-electron chi connectivity index (χ0n) is 29.3. The molecule has 1 spiro atoms. The van der Waals surface area contributed by atoms with Crippen molar-refractivity contribution < 1.29 is 52.7 Å². The van der Waals surface area contributed by atoms with Crippen LogP contribution in [0.3, 0.4) is 0 Å². The molecule has 2 N–H and O–H groups in total. The van der Waals surface area contributed by atoms with Gasteiger partial charge in [0.25, 0.3) is 0 Å². The van der Waals surface area contributed by atoms with Gasteiger partial charge in [0, 0.05) is 24.4 Å². The standard InChI is InChI=1S/C35H48N2O11/c1-19(44-30(40)21(36-31(41)48-33(5,6)7)11-13-25(38)47-32(2,3)4)29(39)45-23-14-15-35(42)24-18-20-10-12-22(43-9)27-26(20)34(35,28(23)46-27)16-17-37(24)8/h10,12,14,19,21,24,28,42H,11,13,15-18H2,1-9H3,(H,36,41)/t19-,21-,24-,28-,34-,35+/m0/s1. The third kappa shape index (κ3) is 6.46. The van der Waals surface area contributed by atoms with Gasteiger partial charge in [0.2, 0.25) is 0 Å². The van der Waals surface area contributed by atoms with Crippen LogP contribution in [0.2, 0.25) is 0 Å². The van der Waals surface area contributed by atoms with E-state index in [9.17, 15) is 24.3 Å². The van der Waals surface area contributed by atoms with Gasteiger partial charge in [0.15, 0.2) is 23.7 Å². The highest BCUT2D eigenvalue weighted by Gasteiger charge is 2.72. The van der Waals surface area contributed by atoms with E-state index in [2.05, 4.69) is 10.2 Å². The molecule has 2 bridgehead atoms. The van der Waals surface area contributed by atoms with Crippen molar-refractivity contribution in [2.75, 3.05) is 20.7 Å². The number of rotatable bonds is 9. The number of esters is 3. The number of alkyl carbamates (subject to hydrolysis) is 1. The Morgan fingerprint density at radius 1 is 1.08 bits per heavy atom. The quantitative estimate of drug-likeness (QED) is 0.291. The highest BCUT2D eigenvalue weighted by atomic mass is 16.6. The largest absolute Gasteiger partial charge is 0.493 e. The number of hydrogen-bond acceptors (Lipinski definition) is 12. The molecule has 0 saturated carbocycles. The van der Waals surface area contributed by atoms with Gasteiger partial charge in [0.05, 0.1) is 18.1 Å². The molecule has 2 heterocycles. The Hall–Kier alpha value is -3.84. The first-order chi connectivity index (χ1) is 22.3. The fraction of sp³-hybridized carbons (Fsp3) is 0.657. The highest BCUT2D eigenvalue weighted by Crippen LogP contribution is 2.65. The lowest BCUT2D eigenvalue weighted by molar-refractivity contribution is -0.176. The van der Waals surface area contributed by atoms with Crippen LogP contribution in [-0.2, 0) is 45.2 Å². The van der Waals surface area contributed by atoms with Crippen molar-refractivity contribution in [2.45, 2.75) is 127 Å². The van der Waals surface area contributed by atoms with Gasteiger partial charge in [-0.1, -0.05) is 6.07 Å². The van der Waals surface area contributed by atoms with Gasteiger partial charge < -0.3 is 43.7 Å². The minimum Gasteiger partial charge on any atom is -0.493 e. The minimum absolute atomic E-state index is 0.158. The molecule has 5 rings (SSSR count). The summed E-state index contributed by atoms with van der Waals surface area (Å²) in [5.74, 6) is -1.12. The van der Waals surface area contributed by atoms with E-state index in [1.807, 2.05) is 19.2 Å². The van der Waals surface area contributed by atoms with Crippen molar-refractivity contribution in [3.8, 4) is 11.5 Å². The van der Waals surface area contributed by atoms with Gasteiger partial charge in [-0.05, 0) is 99.0 Å². The summed E-state index contributed by atoms with van der Waals surface area (Å²) >= 11 is 0. The van der Waals surface area contributed by atoms with Crippen molar-refractivity contribution in [1.82, 2.24) is 10.2 Å². The van der Waals surface area contributed by atoms with Crippen LogP contribution in [0.25, 0.3) is 0 Å². The number of nitrogens with one attached hydrogen (secondary N) is 1. The van der Waals surface area contributed by atoms with E-state index in [1.165, 1.54) is 6.92 Å². The van der Waals surface area contributed by atoms with Crippen LogP contribution in [0.15, 0.2) is 24.0 Å². The molecule has 0 unspecified atom stereocenters. The SMILES string of the molecule is COc1ccc2c3c1O[C@H]1C(OC(=O)[C@H](C)OC(=O)[C@H](CCC(=O)OC(C)(C)C)NC(=O)OC(C)(C)C)=CC[C@@]4(O)[C@H](C2)N(C)CC[C@]314. The van der Waals surface area contributed by atoms with E-state index < -0.39 is 64.5 Å². The lowest BCUT2D eigenvalue weighted by Gasteiger charge is -2.61. The van der Waals surface area contributed by atoms with Gasteiger partial charge in [-0.2, -0.15) is 0 Å². The minimum atomic E-state index is -1.40. The number of aliphatic hydroxyl groups is 1. The second-order valence-corrected chi connectivity index (χ2v) is 15.1. The fourth-order valence-corrected chi connectivity index (χ4v) is 7.44. The number of carbonyl (C=O) groups excluding carboxylic acids is 4. The van der Waals surface area contributed by atoms with Crippen molar-refractivity contribution >= 4 is 24.0 Å². The summed E-state index contributed by atoms with van der Waals surface area (Å²) in [6.45, 7) is 12.2. The van der Waals surface area contributed by atoms with Crippen molar-refractivity contribution in [1.29, 1.82) is 0 Å². The van der Waals surface area contributed by atoms with Crippen LogP contribution in [-0.4, -0.2) is 95.8 Å². The molecule has 1 amide bonds. The number of nitrogens with zero attached hydrogens (tertiary/aromatic N) is 1. The lowest BCUT2D eigenvalue weighted by Crippen LogP contribution is -2.74. The zero-order chi connectivity index (χ0) is 35.4. The van der Waals surface area contributed by atoms with Gasteiger partial charge in [-0.15, -0.1) is 0 Å². The van der Waals surface area contributed by atoms with Crippen LogP contribution < -0.4 is 14.8 Å². The van der Waals surface area contributed by atoms with Gasteiger partial charge >= 0.3 is 24.0 Å². The van der Waals surface area contributed by atoms with Gasteiger partial charge in [-0.25, -0.2) is 14.4 Å². The van der Waals surface area contributed by atoms with Crippen molar-refractivity contribution in [2.24, 2.45) is 0 Å². The molecular weight excluding hydrogens is 624 g/mol. The Labute approximate surface area is 281 Å². The van der Waals surface area contributed by atoms with E-state index in [0.29, 0.717) is 30.9 Å². The average molecular weight is 673 g/mol. The molecule has 6 atom stereocenters. The Bertz CT molecular complexity index is 1510. The van der Waals surface area contributed by atoms with Crippen LogP contribution in [0.5, 0.6) is 11.5 Å². The molecule has 1 aromatic rings. The van der Waals surface area contributed by atoms with Gasteiger partial charge in [0.1, 0.15) is 23.0 Å². The summed E-state index contributed by atoms with van der Waals surface area (Å²) in [7, 11) is 3.56. The zero-order valence-corrected chi connectivity index (χ0v) is 29.3. The van der Waals surface area contributed by atoms with E-state index >= 15 is 0 Å². The maximum absolute atomic E-state index is 13.5. The normalized spacial score (nSPS) is 26.9.